The number of amides is 3. The van der Waals surface area contributed by atoms with Crippen LogP contribution in [0.15, 0.2) is 12.2 Å². The van der Waals surface area contributed by atoms with Crippen molar-refractivity contribution in [2.24, 2.45) is 17.8 Å². The van der Waals surface area contributed by atoms with E-state index in [1.54, 1.807) is 0 Å². The average Bonchev–Trinajstić information content (AvgIpc) is 3.25. The molecule has 0 aromatic rings. The molecule has 0 radical (unpaired) electrons. The predicted molar refractivity (Wildman–Crippen MR) is 72.4 cm³/mol. The first kappa shape index (κ1) is 13.3. The molecule has 3 rings (SSSR count). The molecule has 0 aromatic heterocycles. The summed E-state index contributed by atoms with van der Waals surface area (Å²) in [7, 11) is 0. The van der Waals surface area contributed by atoms with E-state index in [0.717, 1.165) is 17.7 Å². The molecule has 5 nitrogen and oxygen atoms in total. The Balaban J connectivity index is 1.61. The minimum absolute atomic E-state index is 0.123. The van der Waals surface area contributed by atoms with Gasteiger partial charge in [0.1, 0.15) is 6.54 Å². The number of allylic oxidation sites excluding steroid dienone is 2. The van der Waals surface area contributed by atoms with Gasteiger partial charge in [0.15, 0.2) is 0 Å². The number of nitrogens with one attached hydrogen (secondary N) is 1. The van der Waals surface area contributed by atoms with Crippen molar-refractivity contribution in [2.45, 2.75) is 38.6 Å². The molecule has 2 aliphatic carbocycles. The molecular weight excluding hydrogens is 256 g/mol. The minimum Gasteiger partial charge on any atom is -0.352 e. The van der Waals surface area contributed by atoms with Crippen molar-refractivity contribution in [3.8, 4) is 0 Å². The standard InChI is InChI=1S/C15H20N2O3/c1-9(10-6-7-10)16-13(18)8-17-14(19)11-4-2-3-5-12(11)15(17)20/h2-3,9-12H,4-8H2,1H3,(H,16,18)/t9-,11-,12-/m0/s1. The smallest absolute Gasteiger partial charge is 0.240 e. The largest absolute Gasteiger partial charge is 0.352 e. The normalized spacial score (nSPS) is 30.4. The van der Waals surface area contributed by atoms with Crippen molar-refractivity contribution in [1.29, 1.82) is 0 Å². The summed E-state index contributed by atoms with van der Waals surface area (Å²) >= 11 is 0. The number of fused-ring (bicyclic) bond motifs is 1. The van der Waals surface area contributed by atoms with Crippen LogP contribution in [0.2, 0.25) is 0 Å². The molecule has 1 heterocycles. The maximum absolute atomic E-state index is 12.2. The average molecular weight is 276 g/mol. The van der Waals surface area contributed by atoms with Gasteiger partial charge < -0.3 is 5.32 Å². The first-order valence-corrected chi connectivity index (χ1v) is 7.37. The third-order valence-electron chi connectivity index (χ3n) is 4.62. The number of imide groups is 1. The van der Waals surface area contributed by atoms with E-state index in [2.05, 4.69) is 5.32 Å². The Bertz CT molecular complexity index is 456. The van der Waals surface area contributed by atoms with Crippen molar-refractivity contribution < 1.29 is 14.4 Å². The van der Waals surface area contributed by atoms with Crippen LogP contribution in [0.3, 0.4) is 0 Å². The van der Waals surface area contributed by atoms with Crippen LogP contribution in [0.25, 0.3) is 0 Å². The van der Waals surface area contributed by atoms with E-state index in [4.69, 9.17) is 0 Å². The Hall–Kier alpha value is -1.65. The highest BCUT2D eigenvalue weighted by Crippen LogP contribution is 2.35. The van der Waals surface area contributed by atoms with Gasteiger partial charge in [-0.15, -0.1) is 0 Å². The molecular formula is C15H20N2O3. The molecule has 1 saturated heterocycles. The zero-order valence-corrected chi connectivity index (χ0v) is 11.7. The second kappa shape index (κ2) is 5.04. The number of rotatable bonds is 4. The first-order chi connectivity index (χ1) is 9.58. The highest BCUT2D eigenvalue weighted by atomic mass is 16.2. The number of carbonyl (C=O) groups excluding carboxylic acids is 3. The third kappa shape index (κ3) is 2.37. The lowest BCUT2D eigenvalue weighted by Gasteiger charge is -2.17. The Morgan fingerprint density at radius 2 is 1.80 bits per heavy atom. The molecule has 0 unspecified atom stereocenters. The number of nitrogens with zero attached hydrogens (tertiary/aromatic N) is 1. The van der Waals surface area contributed by atoms with Crippen LogP contribution in [-0.4, -0.2) is 35.2 Å². The minimum atomic E-state index is -0.249. The van der Waals surface area contributed by atoms with Crippen LogP contribution >= 0.6 is 0 Å². The maximum atomic E-state index is 12.2. The van der Waals surface area contributed by atoms with E-state index in [0.29, 0.717) is 18.8 Å². The molecule has 0 spiro atoms. The van der Waals surface area contributed by atoms with Gasteiger partial charge in [-0.05, 0) is 38.5 Å². The molecule has 1 saturated carbocycles. The highest BCUT2D eigenvalue weighted by molar-refractivity contribution is 6.07. The number of hydrogen-bond acceptors (Lipinski definition) is 3. The summed E-state index contributed by atoms with van der Waals surface area (Å²) in [6.45, 7) is 1.86. The van der Waals surface area contributed by atoms with Crippen LogP contribution in [0, 0.1) is 17.8 Å². The van der Waals surface area contributed by atoms with Crippen LogP contribution < -0.4 is 5.32 Å². The van der Waals surface area contributed by atoms with E-state index in [1.807, 2.05) is 19.1 Å². The predicted octanol–water partition coefficient (Wildman–Crippen LogP) is 0.852. The Labute approximate surface area is 118 Å². The molecule has 108 valence electrons. The van der Waals surface area contributed by atoms with Gasteiger partial charge in [0.05, 0.1) is 11.8 Å². The Morgan fingerprint density at radius 3 is 2.30 bits per heavy atom. The summed E-state index contributed by atoms with van der Waals surface area (Å²) in [4.78, 5) is 37.5. The highest BCUT2D eigenvalue weighted by Gasteiger charge is 2.47. The van der Waals surface area contributed by atoms with E-state index in [9.17, 15) is 14.4 Å². The van der Waals surface area contributed by atoms with Crippen molar-refractivity contribution >= 4 is 17.7 Å². The van der Waals surface area contributed by atoms with Crippen LogP contribution in [0.4, 0.5) is 0 Å². The quantitative estimate of drug-likeness (QED) is 0.611. The third-order valence-corrected chi connectivity index (χ3v) is 4.62. The molecule has 2 fully saturated rings. The topological polar surface area (TPSA) is 66.5 Å². The van der Waals surface area contributed by atoms with E-state index in [-0.39, 0.29) is 42.1 Å². The lowest BCUT2D eigenvalue weighted by Crippen LogP contribution is -2.44. The summed E-state index contributed by atoms with van der Waals surface area (Å²) in [6.07, 6.45) is 7.44. The molecule has 0 aromatic carbocycles. The summed E-state index contributed by atoms with van der Waals surface area (Å²) in [5, 5.41) is 2.89. The molecule has 1 N–H and O–H groups in total. The van der Waals surface area contributed by atoms with E-state index in [1.165, 1.54) is 0 Å². The van der Waals surface area contributed by atoms with Gasteiger partial charge >= 0.3 is 0 Å². The summed E-state index contributed by atoms with van der Waals surface area (Å²) in [5.74, 6) is -0.520. The summed E-state index contributed by atoms with van der Waals surface area (Å²) < 4.78 is 0. The van der Waals surface area contributed by atoms with Crippen molar-refractivity contribution in [1.82, 2.24) is 10.2 Å². The second-order valence-corrected chi connectivity index (χ2v) is 6.11. The van der Waals surface area contributed by atoms with Gasteiger partial charge in [-0.25, -0.2) is 0 Å². The van der Waals surface area contributed by atoms with Crippen molar-refractivity contribution in [3.63, 3.8) is 0 Å². The zero-order chi connectivity index (χ0) is 14.3. The lowest BCUT2D eigenvalue weighted by molar-refractivity contribution is -0.143. The molecule has 3 aliphatic rings. The summed E-state index contributed by atoms with van der Waals surface area (Å²) in [6, 6.07) is 0.138. The molecule has 20 heavy (non-hydrogen) atoms. The van der Waals surface area contributed by atoms with Crippen molar-refractivity contribution in [2.75, 3.05) is 6.54 Å². The maximum Gasteiger partial charge on any atom is 0.240 e. The fraction of sp³-hybridized carbons (Fsp3) is 0.667. The number of hydrogen-bond donors (Lipinski definition) is 1. The monoisotopic (exact) mass is 276 g/mol. The Morgan fingerprint density at radius 1 is 1.25 bits per heavy atom. The fourth-order valence-electron chi connectivity index (χ4n) is 3.18. The van der Waals surface area contributed by atoms with Crippen molar-refractivity contribution in [3.05, 3.63) is 12.2 Å². The van der Waals surface area contributed by atoms with Gasteiger partial charge in [0.25, 0.3) is 0 Å². The first-order valence-electron chi connectivity index (χ1n) is 7.37. The summed E-state index contributed by atoms with van der Waals surface area (Å²) in [5.41, 5.74) is 0. The molecule has 3 atom stereocenters. The van der Waals surface area contributed by atoms with Crippen LogP contribution in [0.1, 0.15) is 32.6 Å². The van der Waals surface area contributed by atoms with Gasteiger partial charge in [-0.1, -0.05) is 12.2 Å². The molecule has 1 aliphatic heterocycles. The van der Waals surface area contributed by atoms with E-state index < -0.39 is 0 Å². The molecule has 5 heteroatoms. The van der Waals surface area contributed by atoms with Crippen LogP contribution in [-0.2, 0) is 14.4 Å². The van der Waals surface area contributed by atoms with E-state index >= 15 is 0 Å². The lowest BCUT2D eigenvalue weighted by atomic mass is 9.85. The number of carbonyl (C=O) groups is 3. The number of likely N-dealkylation sites (tertiary alicyclic amines) is 1. The molecule has 3 amide bonds. The van der Waals surface area contributed by atoms with Gasteiger partial charge in [0.2, 0.25) is 17.7 Å². The fourth-order valence-corrected chi connectivity index (χ4v) is 3.18. The Kier molecular flexibility index (Phi) is 3.36. The van der Waals surface area contributed by atoms with Gasteiger partial charge in [-0.3, -0.25) is 19.3 Å². The zero-order valence-electron chi connectivity index (χ0n) is 11.7. The van der Waals surface area contributed by atoms with Gasteiger partial charge in [-0.2, -0.15) is 0 Å². The molecule has 0 bridgehead atoms. The van der Waals surface area contributed by atoms with Crippen LogP contribution in [0.5, 0.6) is 0 Å². The second-order valence-electron chi connectivity index (χ2n) is 6.11. The van der Waals surface area contributed by atoms with Gasteiger partial charge in [0, 0.05) is 6.04 Å². The SMILES string of the molecule is C[C@H](NC(=O)CN1C(=O)[C@H]2CC=CC[C@@H]2C1=O)C1CC1.